The zero-order valence-electron chi connectivity index (χ0n) is 8.74. The van der Waals surface area contributed by atoms with Gasteiger partial charge >= 0.3 is 0 Å². The zero-order valence-corrected chi connectivity index (χ0v) is 8.74. The number of nitrogens with zero attached hydrogens (tertiary/aromatic N) is 2. The molecule has 0 saturated carbocycles. The predicted molar refractivity (Wildman–Crippen MR) is 60.0 cm³/mol. The van der Waals surface area contributed by atoms with Gasteiger partial charge < -0.3 is 5.43 Å². The van der Waals surface area contributed by atoms with Gasteiger partial charge in [-0.1, -0.05) is 0 Å². The second-order valence-corrected chi connectivity index (χ2v) is 3.41. The number of hydrazine groups is 1. The van der Waals surface area contributed by atoms with E-state index < -0.39 is 0 Å². The molecule has 3 N–H and O–H groups in total. The first-order valence-corrected chi connectivity index (χ1v) is 4.77. The molecule has 0 unspecified atom stereocenters. The molecule has 16 heavy (non-hydrogen) atoms. The Morgan fingerprint density at radius 2 is 1.88 bits per heavy atom. The fourth-order valence-electron chi connectivity index (χ4n) is 1.39. The largest absolute Gasteiger partial charge is 0.307 e. The lowest BCUT2D eigenvalue weighted by Crippen LogP contribution is -2.11. The third-order valence-electron chi connectivity index (χ3n) is 2.26. The van der Waals surface area contributed by atoms with Crippen LogP contribution in [0, 0.1) is 12.7 Å². The second-order valence-electron chi connectivity index (χ2n) is 3.41. The van der Waals surface area contributed by atoms with E-state index in [1.54, 1.807) is 12.1 Å². The maximum atomic E-state index is 12.7. The molecular weight excluding hydrogens is 207 g/mol. The lowest BCUT2D eigenvalue weighted by atomic mass is 10.1. The van der Waals surface area contributed by atoms with Gasteiger partial charge in [-0.2, -0.15) is 0 Å². The van der Waals surface area contributed by atoms with E-state index in [1.807, 2.05) is 13.0 Å². The minimum atomic E-state index is -0.270. The molecular formula is C11H11FN4. The van der Waals surface area contributed by atoms with Crippen LogP contribution in [0.5, 0.6) is 0 Å². The molecule has 2 aromatic rings. The molecule has 82 valence electrons. The highest BCUT2D eigenvalue weighted by atomic mass is 19.1. The van der Waals surface area contributed by atoms with Gasteiger partial charge in [-0.05, 0) is 42.8 Å². The molecule has 5 heteroatoms. The van der Waals surface area contributed by atoms with E-state index in [0.29, 0.717) is 11.5 Å². The molecule has 0 bridgehead atoms. The monoisotopic (exact) mass is 218 g/mol. The van der Waals surface area contributed by atoms with Gasteiger partial charge in [0.1, 0.15) is 5.82 Å². The van der Waals surface area contributed by atoms with Crippen molar-refractivity contribution in [2.75, 3.05) is 5.43 Å². The van der Waals surface area contributed by atoms with Crippen LogP contribution < -0.4 is 11.3 Å². The van der Waals surface area contributed by atoms with Gasteiger partial charge in [0.25, 0.3) is 0 Å². The standard InChI is InChI=1S/C11H11FN4/c1-7-6-10(15-16-11(7)14-13)8-2-4-9(12)5-3-8/h2-6H,13H2,1H3,(H,14,16). The number of nitrogen functional groups attached to an aromatic ring is 1. The molecule has 4 nitrogen and oxygen atoms in total. The second kappa shape index (κ2) is 4.24. The van der Waals surface area contributed by atoms with E-state index in [0.717, 1.165) is 11.1 Å². The van der Waals surface area contributed by atoms with Crippen LogP contribution in [-0.4, -0.2) is 10.2 Å². The van der Waals surface area contributed by atoms with Crippen LogP contribution in [0.25, 0.3) is 11.3 Å². The highest BCUT2D eigenvalue weighted by molar-refractivity contribution is 5.61. The lowest BCUT2D eigenvalue weighted by molar-refractivity contribution is 0.628. The summed E-state index contributed by atoms with van der Waals surface area (Å²) in [6.07, 6.45) is 0. The number of halogens is 1. The number of nitrogens with one attached hydrogen (secondary N) is 1. The van der Waals surface area contributed by atoms with Crippen LogP contribution in [0.2, 0.25) is 0 Å². The van der Waals surface area contributed by atoms with Crippen LogP contribution in [0.1, 0.15) is 5.56 Å². The summed E-state index contributed by atoms with van der Waals surface area (Å²) in [6, 6.07) is 7.95. The van der Waals surface area contributed by atoms with Crippen molar-refractivity contribution in [1.82, 2.24) is 10.2 Å². The predicted octanol–water partition coefficient (Wildman–Crippen LogP) is 1.88. The first kappa shape index (κ1) is 10.5. The van der Waals surface area contributed by atoms with Crippen molar-refractivity contribution >= 4 is 5.82 Å². The number of anilines is 1. The molecule has 0 radical (unpaired) electrons. The van der Waals surface area contributed by atoms with E-state index >= 15 is 0 Å². The Morgan fingerprint density at radius 3 is 2.44 bits per heavy atom. The van der Waals surface area contributed by atoms with Crippen molar-refractivity contribution < 1.29 is 4.39 Å². The van der Waals surface area contributed by atoms with E-state index in [1.165, 1.54) is 12.1 Å². The van der Waals surface area contributed by atoms with Crippen LogP contribution in [0.15, 0.2) is 30.3 Å². The summed E-state index contributed by atoms with van der Waals surface area (Å²) < 4.78 is 12.7. The summed E-state index contributed by atoms with van der Waals surface area (Å²) in [5.41, 5.74) is 4.85. The van der Waals surface area contributed by atoms with Gasteiger partial charge in [0.15, 0.2) is 5.82 Å². The van der Waals surface area contributed by atoms with E-state index in [-0.39, 0.29) is 5.82 Å². The summed E-state index contributed by atoms with van der Waals surface area (Å²) in [6.45, 7) is 1.87. The molecule has 0 aliphatic carbocycles. The van der Waals surface area contributed by atoms with Gasteiger partial charge in [-0.15, -0.1) is 10.2 Å². The normalized spacial score (nSPS) is 10.2. The van der Waals surface area contributed by atoms with Crippen molar-refractivity contribution in [1.29, 1.82) is 0 Å². The third-order valence-corrected chi connectivity index (χ3v) is 2.26. The van der Waals surface area contributed by atoms with E-state index in [4.69, 9.17) is 5.84 Å². The topological polar surface area (TPSA) is 63.8 Å². The minimum absolute atomic E-state index is 0.270. The average molecular weight is 218 g/mol. The average Bonchev–Trinajstić information content (AvgIpc) is 2.30. The van der Waals surface area contributed by atoms with Crippen molar-refractivity contribution in [3.8, 4) is 11.3 Å². The Morgan fingerprint density at radius 1 is 1.19 bits per heavy atom. The van der Waals surface area contributed by atoms with E-state index in [9.17, 15) is 4.39 Å². The van der Waals surface area contributed by atoms with Crippen molar-refractivity contribution in [3.63, 3.8) is 0 Å². The van der Waals surface area contributed by atoms with Gasteiger partial charge in [0, 0.05) is 5.56 Å². The molecule has 0 spiro atoms. The number of benzene rings is 1. The highest BCUT2D eigenvalue weighted by Gasteiger charge is 2.04. The molecule has 1 heterocycles. The Labute approximate surface area is 92.3 Å². The maximum Gasteiger partial charge on any atom is 0.165 e. The van der Waals surface area contributed by atoms with E-state index in [2.05, 4.69) is 15.6 Å². The van der Waals surface area contributed by atoms with Gasteiger partial charge in [-0.3, -0.25) is 0 Å². The summed E-state index contributed by atoms with van der Waals surface area (Å²) in [5.74, 6) is 5.52. The molecule has 0 saturated heterocycles. The quantitative estimate of drug-likeness (QED) is 0.596. The zero-order chi connectivity index (χ0) is 11.5. The van der Waals surface area contributed by atoms with Gasteiger partial charge in [0.05, 0.1) is 5.69 Å². The van der Waals surface area contributed by atoms with Crippen molar-refractivity contribution in [3.05, 3.63) is 41.7 Å². The molecule has 2 rings (SSSR count). The number of hydrogen-bond acceptors (Lipinski definition) is 4. The van der Waals surface area contributed by atoms with Crippen LogP contribution in [0.4, 0.5) is 10.2 Å². The lowest BCUT2D eigenvalue weighted by Gasteiger charge is -2.05. The molecule has 1 aromatic carbocycles. The number of nitrogens with two attached hydrogens (primary N) is 1. The summed E-state index contributed by atoms with van der Waals surface area (Å²) in [7, 11) is 0. The van der Waals surface area contributed by atoms with Gasteiger partial charge in [-0.25, -0.2) is 10.2 Å². The Kier molecular flexibility index (Phi) is 2.78. The number of aromatic nitrogens is 2. The van der Waals surface area contributed by atoms with Crippen molar-refractivity contribution in [2.24, 2.45) is 5.84 Å². The molecule has 0 aliphatic rings. The molecule has 0 atom stereocenters. The van der Waals surface area contributed by atoms with Crippen LogP contribution in [0.3, 0.4) is 0 Å². The van der Waals surface area contributed by atoms with Gasteiger partial charge in [0.2, 0.25) is 0 Å². The molecule has 1 aromatic heterocycles. The first-order valence-electron chi connectivity index (χ1n) is 4.77. The first-order chi connectivity index (χ1) is 7.70. The van der Waals surface area contributed by atoms with Crippen LogP contribution >= 0.6 is 0 Å². The SMILES string of the molecule is Cc1cc(-c2ccc(F)cc2)nnc1NN. The Balaban J connectivity index is 2.41. The summed E-state index contributed by atoms with van der Waals surface area (Å²) >= 11 is 0. The summed E-state index contributed by atoms with van der Waals surface area (Å²) in [4.78, 5) is 0. The minimum Gasteiger partial charge on any atom is -0.307 e. The maximum absolute atomic E-state index is 12.7. The molecule has 0 aliphatic heterocycles. The fourth-order valence-corrected chi connectivity index (χ4v) is 1.39. The smallest absolute Gasteiger partial charge is 0.165 e. The number of hydrogen-bond donors (Lipinski definition) is 2. The molecule has 0 fully saturated rings. The third kappa shape index (κ3) is 1.99. The molecule has 0 amide bonds. The Bertz CT molecular complexity index is 496. The number of rotatable bonds is 2. The highest BCUT2D eigenvalue weighted by Crippen LogP contribution is 2.19. The van der Waals surface area contributed by atoms with Crippen molar-refractivity contribution in [2.45, 2.75) is 6.92 Å². The van der Waals surface area contributed by atoms with Crippen LogP contribution in [-0.2, 0) is 0 Å². The summed E-state index contributed by atoms with van der Waals surface area (Å²) in [5, 5.41) is 7.91. The Hall–Kier alpha value is -2.01. The number of aryl methyl sites for hydroxylation is 1. The fraction of sp³-hybridized carbons (Fsp3) is 0.0909.